The predicted molar refractivity (Wildman–Crippen MR) is 74.5 cm³/mol. The van der Waals surface area contributed by atoms with Crippen LogP contribution in [0.4, 0.5) is 19.7 Å². The average molecular weight is 308 g/mol. The summed E-state index contributed by atoms with van der Waals surface area (Å²) in [5.74, 6) is -4.05. The number of nitrogen functional groups attached to an aromatic ring is 1. The van der Waals surface area contributed by atoms with Gasteiger partial charge in [-0.3, -0.25) is 4.79 Å². The van der Waals surface area contributed by atoms with Gasteiger partial charge in [-0.25, -0.2) is 13.8 Å². The molecule has 20 heavy (non-hydrogen) atoms. The van der Waals surface area contributed by atoms with Gasteiger partial charge in [0.15, 0.2) is 5.13 Å². The van der Waals surface area contributed by atoms with E-state index >= 15 is 0 Å². The van der Waals surface area contributed by atoms with Crippen molar-refractivity contribution < 1.29 is 18.7 Å². The molecule has 0 fully saturated rings. The lowest BCUT2D eigenvalue weighted by Gasteiger charge is -2.16. The maximum absolute atomic E-state index is 12.9. The van der Waals surface area contributed by atoms with Crippen LogP contribution in [-0.4, -0.2) is 48.2 Å². The molecular formula is C11H18F2N4O2S. The van der Waals surface area contributed by atoms with Crippen molar-refractivity contribution in [3.63, 3.8) is 0 Å². The number of rotatable bonds is 7. The van der Waals surface area contributed by atoms with E-state index in [1.807, 2.05) is 24.1 Å². The molecule has 1 rings (SSSR count). The molecule has 6 nitrogen and oxygen atoms in total. The topological polar surface area (TPSA) is 91.5 Å². The minimum Gasteiger partial charge on any atom is -0.390 e. The van der Waals surface area contributed by atoms with Crippen LogP contribution in [-0.2, 0) is 0 Å². The summed E-state index contributed by atoms with van der Waals surface area (Å²) in [6.07, 6.45) is 0. The van der Waals surface area contributed by atoms with E-state index in [1.165, 1.54) is 0 Å². The van der Waals surface area contributed by atoms with E-state index in [-0.39, 0.29) is 10.7 Å². The zero-order valence-corrected chi connectivity index (χ0v) is 12.1. The van der Waals surface area contributed by atoms with E-state index in [1.54, 1.807) is 0 Å². The number of thiazole rings is 1. The standard InChI is InChI=1S/C11H18F2N4O2S/c1-3-17(4-2)10-16-8(14)7(20-10)9(19)15-5-11(12,13)6-18/h18H,3-6,14H2,1-2H3,(H,15,19). The highest BCUT2D eigenvalue weighted by atomic mass is 32.1. The number of halogens is 2. The van der Waals surface area contributed by atoms with Gasteiger partial charge in [-0.1, -0.05) is 11.3 Å². The van der Waals surface area contributed by atoms with Crippen molar-refractivity contribution in [3.8, 4) is 0 Å². The minimum absolute atomic E-state index is 0.0155. The van der Waals surface area contributed by atoms with Crippen LogP contribution in [0.15, 0.2) is 0 Å². The second-order valence-corrected chi connectivity index (χ2v) is 5.06. The first-order valence-corrected chi connectivity index (χ1v) is 6.94. The van der Waals surface area contributed by atoms with Crippen LogP contribution in [0.3, 0.4) is 0 Å². The zero-order valence-electron chi connectivity index (χ0n) is 11.3. The Morgan fingerprint density at radius 2 is 2.10 bits per heavy atom. The number of carbonyl (C=O) groups is 1. The number of alkyl halides is 2. The smallest absolute Gasteiger partial charge is 0.287 e. The number of amides is 1. The van der Waals surface area contributed by atoms with Gasteiger partial charge in [0.05, 0.1) is 6.54 Å². The number of carbonyl (C=O) groups excluding carboxylic acids is 1. The fourth-order valence-corrected chi connectivity index (χ4v) is 2.49. The number of anilines is 2. The van der Waals surface area contributed by atoms with Crippen molar-refractivity contribution in [3.05, 3.63) is 4.88 Å². The molecule has 114 valence electrons. The second kappa shape index (κ2) is 6.80. The number of aliphatic hydroxyl groups excluding tert-OH is 1. The number of hydrogen-bond donors (Lipinski definition) is 3. The zero-order chi connectivity index (χ0) is 15.3. The van der Waals surface area contributed by atoms with Gasteiger partial charge < -0.3 is 21.1 Å². The Morgan fingerprint density at radius 3 is 2.60 bits per heavy atom. The molecule has 0 aliphatic heterocycles. The van der Waals surface area contributed by atoms with Gasteiger partial charge in [0, 0.05) is 13.1 Å². The Morgan fingerprint density at radius 1 is 1.50 bits per heavy atom. The molecular weight excluding hydrogens is 290 g/mol. The van der Waals surface area contributed by atoms with Crippen molar-refractivity contribution in [2.24, 2.45) is 0 Å². The molecule has 0 saturated carbocycles. The monoisotopic (exact) mass is 308 g/mol. The third kappa shape index (κ3) is 4.01. The van der Waals surface area contributed by atoms with Gasteiger partial charge in [0.2, 0.25) is 0 Å². The van der Waals surface area contributed by atoms with Crippen molar-refractivity contribution in [2.45, 2.75) is 19.8 Å². The van der Waals surface area contributed by atoms with Crippen LogP contribution in [0.2, 0.25) is 0 Å². The maximum atomic E-state index is 12.9. The number of nitrogens with zero attached hydrogens (tertiary/aromatic N) is 2. The Balaban J connectivity index is 2.79. The van der Waals surface area contributed by atoms with E-state index in [4.69, 9.17) is 10.8 Å². The fraction of sp³-hybridized carbons (Fsp3) is 0.636. The van der Waals surface area contributed by atoms with E-state index in [0.717, 1.165) is 11.3 Å². The molecule has 0 aliphatic carbocycles. The molecule has 0 aromatic carbocycles. The van der Waals surface area contributed by atoms with Gasteiger partial charge in [0.25, 0.3) is 11.8 Å². The van der Waals surface area contributed by atoms with Crippen molar-refractivity contribution >= 4 is 28.2 Å². The molecule has 1 heterocycles. The summed E-state index contributed by atoms with van der Waals surface area (Å²) >= 11 is 1.05. The third-order valence-electron chi connectivity index (χ3n) is 2.62. The highest BCUT2D eigenvalue weighted by molar-refractivity contribution is 7.18. The first kappa shape index (κ1) is 16.6. The largest absolute Gasteiger partial charge is 0.390 e. The molecule has 0 saturated heterocycles. The molecule has 1 aromatic rings. The summed E-state index contributed by atoms with van der Waals surface area (Å²) in [4.78, 5) is 17.9. The average Bonchev–Trinajstić information content (AvgIpc) is 2.80. The molecule has 0 unspecified atom stereocenters. The van der Waals surface area contributed by atoms with E-state index in [2.05, 4.69) is 4.98 Å². The van der Waals surface area contributed by atoms with Crippen molar-refractivity contribution in [1.29, 1.82) is 0 Å². The minimum atomic E-state index is -3.35. The SMILES string of the molecule is CCN(CC)c1nc(N)c(C(=O)NCC(F)(F)CO)s1. The Kier molecular flexibility index (Phi) is 5.63. The number of aromatic nitrogens is 1. The quantitative estimate of drug-likeness (QED) is 0.697. The highest BCUT2D eigenvalue weighted by Gasteiger charge is 2.29. The number of nitrogens with one attached hydrogen (secondary N) is 1. The normalized spacial score (nSPS) is 11.4. The third-order valence-corrected chi connectivity index (χ3v) is 3.75. The molecule has 1 aromatic heterocycles. The summed E-state index contributed by atoms with van der Waals surface area (Å²) in [6.45, 7) is 3.00. The Hall–Kier alpha value is -1.48. The molecule has 0 aliphatic rings. The lowest BCUT2D eigenvalue weighted by Crippen LogP contribution is -2.38. The lowest BCUT2D eigenvalue weighted by atomic mass is 10.3. The van der Waals surface area contributed by atoms with Crippen LogP contribution < -0.4 is 16.0 Å². The first-order chi connectivity index (χ1) is 9.34. The summed E-state index contributed by atoms with van der Waals surface area (Å²) in [5.41, 5.74) is 5.64. The van der Waals surface area contributed by atoms with Crippen molar-refractivity contribution in [2.75, 3.05) is 36.9 Å². The summed E-state index contributed by atoms with van der Waals surface area (Å²) in [5, 5.41) is 11.0. The molecule has 0 bridgehead atoms. The van der Waals surface area contributed by atoms with Crippen LogP contribution >= 0.6 is 11.3 Å². The molecule has 0 atom stereocenters. The van der Waals surface area contributed by atoms with E-state index in [9.17, 15) is 13.6 Å². The molecule has 9 heteroatoms. The summed E-state index contributed by atoms with van der Waals surface area (Å²) < 4.78 is 25.7. The molecule has 4 N–H and O–H groups in total. The summed E-state index contributed by atoms with van der Waals surface area (Å²) in [6, 6.07) is 0. The summed E-state index contributed by atoms with van der Waals surface area (Å²) in [7, 11) is 0. The van der Waals surface area contributed by atoms with Gasteiger partial charge >= 0.3 is 0 Å². The van der Waals surface area contributed by atoms with Gasteiger partial charge in [0.1, 0.15) is 17.3 Å². The van der Waals surface area contributed by atoms with E-state index < -0.39 is 25.0 Å². The van der Waals surface area contributed by atoms with Crippen LogP contribution in [0.25, 0.3) is 0 Å². The first-order valence-electron chi connectivity index (χ1n) is 6.12. The van der Waals surface area contributed by atoms with Crippen LogP contribution in [0.1, 0.15) is 23.5 Å². The fourth-order valence-electron chi connectivity index (χ4n) is 1.46. The molecule has 1 amide bonds. The van der Waals surface area contributed by atoms with Crippen LogP contribution in [0.5, 0.6) is 0 Å². The lowest BCUT2D eigenvalue weighted by molar-refractivity contribution is -0.0461. The van der Waals surface area contributed by atoms with Gasteiger partial charge in [-0.05, 0) is 13.8 Å². The molecule has 0 radical (unpaired) electrons. The second-order valence-electron chi connectivity index (χ2n) is 4.08. The van der Waals surface area contributed by atoms with Crippen molar-refractivity contribution in [1.82, 2.24) is 10.3 Å². The highest BCUT2D eigenvalue weighted by Crippen LogP contribution is 2.28. The predicted octanol–water partition coefficient (Wildman–Crippen LogP) is 0.929. The number of aliphatic hydroxyl groups is 1. The van der Waals surface area contributed by atoms with E-state index in [0.29, 0.717) is 18.2 Å². The maximum Gasteiger partial charge on any atom is 0.287 e. The van der Waals surface area contributed by atoms with Gasteiger partial charge in [-0.15, -0.1) is 0 Å². The molecule has 0 spiro atoms. The Bertz CT molecular complexity index is 463. The Labute approximate surface area is 119 Å². The number of nitrogens with two attached hydrogens (primary N) is 1. The number of hydrogen-bond acceptors (Lipinski definition) is 6. The van der Waals surface area contributed by atoms with Crippen LogP contribution in [0, 0.1) is 0 Å². The van der Waals surface area contributed by atoms with Gasteiger partial charge in [-0.2, -0.15) is 0 Å².